The first-order valence-corrected chi connectivity index (χ1v) is 6.18. The van der Waals surface area contributed by atoms with E-state index in [-0.39, 0.29) is 11.3 Å². The molecule has 0 amide bonds. The molecule has 0 saturated heterocycles. The van der Waals surface area contributed by atoms with Crippen LogP contribution in [0.3, 0.4) is 0 Å². The van der Waals surface area contributed by atoms with E-state index in [1.807, 2.05) is 32.9 Å². The van der Waals surface area contributed by atoms with Crippen LogP contribution in [-0.4, -0.2) is 5.78 Å². The van der Waals surface area contributed by atoms with Crippen molar-refractivity contribution < 1.29 is 13.6 Å². The number of ketones is 1. The smallest absolute Gasteiger partial charge is 0.195 e. The third-order valence-corrected chi connectivity index (χ3v) is 3.24. The highest BCUT2D eigenvalue weighted by Gasteiger charge is 2.19. The Morgan fingerprint density at radius 2 is 1.45 bits per heavy atom. The van der Waals surface area contributed by atoms with Gasteiger partial charge in [0.05, 0.1) is 0 Å². The van der Waals surface area contributed by atoms with Gasteiger partial charge in [-0.3, -0.25) is 4.79 Å². The van der Waals surface area contributed by atoms with Crippen LogP contribution in [0, 0.1) is 32.4 Å². The van der Waals surface area contributed by atoms with E-state index in [0.29, 0.717) is 5.56 Å². The lowest BCUT2D eigenvalue weighted by atomic mass is 9.92. The standard InChI is InChI=1S/C16H15F2NO/c1-8-4-9(2)15(10(3)5-8)16(20)11-6-12(17)13(18)7-14(11)19/h4-7H,19H2,1-3H3. The number of carbonyl (C=O) groups is 1. The van der Waals surface area contributed by atoms with E-state index in [1.54, 1.807) is 0 Å². The van der Waals surface area contributed by atoms with Crippen molar-refractivity contribution in [2.75, 3.05) is 5.73 Å². The highest BCUT2D eigenvalue weighted by Crippen LogP contribution is 2.24. The fourth-order valence-electron chi connectivity index (χ4n) is 2.43. The van der Waals surface area contributed by atoms with Crippen molar-refractivity contribution >= 4 is 11.5 Å². The maximum Gasteiger partial charge on any atom is 0.195 e. The molecule has 0 aromatic heterocycles. The SMILES string of the molecule is Cc1cc(C)c(C(=O)c2cc(F)c(F)cc2N)c(C)c1. The minimum Gasteiger partial charge on any atom is -0.398 e. The zero-order valence-electron chi connectivity index (χ0n) is 11.6. The summed E-state index contributed by atoms with van der Waals surface area (Å²) in [4.78, 5) is 12.5. The quantitative estimate of drug-likeness (QED) is 0.670. The molecule has 0 spiro atoms. The Kier molecular flexibility index (Phi) is 3.57. The van der Waals surface area contributed by atoms with Gasteiger partial charge in [-0.1, -0.05) is 17.7 Å². The lowest BCUT2D eigenvalue weighted by Crippen LogP contribution is -2.10. The Hall–Kier alpha value is -2.23. The highest BCUT2D eigenvalue weighted by atomic mass is 19.2. The van der Waals surface area contributed by atoms with Crippen molar-refractivity contribution in [1.29, 1.82) is 0 Å². The summed E-state index contributed by atoms with van der Waals surface area (Å²) in [5.74, 6) is -2.53. The molecule has 0 radical (unpaired) electrons. The van der Waals surface area contributed by atoms with Crippen molar-refractivity contribution in [3.05, 3.63) is 63.7 Å². The van der Waals surface area contributed by atoms with Crippen LogP contribution in [0.2, 0.25) is 0 Å². The Morgan fingerprint density at radius 3 is 2.00 bits per heavy atom. The second-order valence-electron chi connectivity index (χ2n) is 4.96. The third-order valence-electron chi connectivity index (χ3n) is 3.24. The number of carbonyl (C=O) groups excluding carboxylic acids is 1. The molecule has 2 N–H and O–H groups in total. The topological polar surface area (TPSA) is 43.1 Å². The molecule has 2 aromatic carbocycles. The first kappa shape index (κ1) is 14.2. The summed E-state index contributed by atoms with van der Waals surface area (Å²) in [6.07, 6.45) is 0. The van der Waals surface area contributed by atoms with Gasteiger partial charge in [-0.05, 0) is 38.0 Å². The fraction of sp³-hybridized carbons (Fsp3) is 0.188. The van der Waals surface area contributed by atoms with Gasteiger partial charge < -0.3 is 5.73 Å². The van der Waals surface area contributed by atoms with E-state index in [1.165, 1.54) is 0 Å². The van der Waals surface area contributed by atoms with Gasteiger partial charge in [0.1, 0.15) is 0 Å². The van der Waals surface area contributed by atoms with Crippen LogP contribution in [0.1, 0.15) is 32.6 Å². The number of rotatable bonds is 2. The minimum atomic E-state index is -1.08. The number of benzene rings is 2. The Bertz CT molecular complexity index is 685. The summed E-state index contributed by atoms with van der Waals surface area (Å²) >= 11 is 0. The minimum absolute atomic E-state index is 0.0149. The summed E-state index contributed by atoms with van der Waals surface area (Å²) in [6, 6.07) is 5.43. The van der Waals surface area contributed by atoms with Crippen LogP contribution in [0.25, 0.3) is 0 Å². The molecule has 0 bridgehead atoms. The van der Waals surface area contributed by atoms with E-state index in [4.69, 9.17) is 5.73 Å². The van der Waals surface area contributed by atoms with E-state index in [9.17, 15) is 13.6 Å². The predicted octanol–water partition coefficient (Wildman–Crippen LogP) is 3.70. The Morgan fingerprint density at radius 1 is 0.950 bits per heavy atom. The largest absolute Gasteiger partial charge is 0.398 e. The molecule has 0 fully saturated rings. The first-order chi connectivity index (χ1) is 9.31. The number of nitrogens with two attached hydrogens (primary N) is 1. The average molecular weight is 275 g/mol. The second kappa shape index (κ2) is 5.04. The van der Waals surface area contributed by atoms with Gasteiger partial charge in [-0.15, -0.1) is 0 Å². The van der Waals surface area contributed by atoms with Gasteiger partial charge in [0.15, 0.2) is 17.4 Å². The van der Waals surface area contributed by atoms with E-state index in [0.717, 1.165) is 28.8 Å². The molecule has 4 heteroatoms. The summed E-state index contributed by atoms with van der Waals surface area (Å²) in [5.41, 5.74) is 8.65. The van der Waals surface area contributed by atoms with Crippen LogP contribution >= 0.6 is 0 Å². The number of aryl methyl sites for hydroxylation is 3. The normalized spacial score (nSPS) is 10.7. The maximum absolute atomic E-state index is 13.3. The molecule has 0 unspecified atom stereocenters. The number of anilines is 1. The molecule has 0 aliphatic heterocycles. The van der Waals surface area contributed by atoms with E-state index >= 15 is 0 Å². The monoisotopic (exact) mass is 275 g/mol. The molecular formula is C16H15F2NO. The predicted molar refractivity (Wildman–Crippen MR) is 74.9 cm³/mol. The van der Waals surface area contributed by atoms with Gasteiger partial charge in [-0.2, -0.15) is 0 Å². The third kappa shape index (κ3) is 2.41. The molecule has 0 aliphatic rings. The lowest BCUT2D eigenvalue weighted by Gasteiger charge is -2.12. The van der Waals surface area contributed by atoms with Gasteiger partial charge in [0, 0.05) is 22.9 Å². The van der Waals surface area contributed by atoms with Crippen LogP contribution in [0.4, 0.5) is 14.5 Å². The molecule has 2 nitrogen and oxygen atoms in total. The molecule has 2 rings (SSSR count). The molecule has 104 valence electrons. The van der Waals surface area contributed by atoms with Crippen molar-refractivity contribution in [2.24, 2.45) is 0 Å². The Labute approximate surface area is 116 Å². The van der Waals surface area contributed by atoms with Crippen molar-refractivity contribution in [2.45, 2.75) is 20.8 Å². The number of hydrogen-bond donors (Lipinski definition) is 1. The molecule has 0 saturated carbocycles. The van der Waals surface area contributed by atoms with E-state index in [2.05, 4.69) is 0 Å². The fourth-order valence-corrected chi connectivity index (χ4v) is 2.43. The molecule has 2 aromatic rings. The second-order valence-corrected chi connectivity index (χ2v) is 4.96. The average Bonchev–Trinajstić information content (AvgIpc) is 2.32. The van der Waals surface area contributed by atoms with E-state index < -0.39 is 17.4 Å². The molecule has 20 heavy (non-hydrogen) atoms. The summed E-state index contributed by atoms with van der Waals surface area (Å²) in [7, 11) is 0. The molecular weight excluding hydrogens is 260 g/mol. The zero-order valence-corrected chi connectivity index (χ0v) is 11.6. The highest BCUT2D eigenvalue weighted by molar-refractivity contribution is 6.13. The van der Waals surface area contributed by atoms with Crippen LogP contribution in [0.15, 0.2) is 24.3 Å². The van der Waals surface area contributed by atoms with Gasteiger partial charge >= 0.3 is 0 Å². The lowest BCUT2D eigenvalue weighted by molar-refractivity contribution is 0.103. The summed E-state index contributed by atoms with van der Waals surface area (Å²) in [5, 5.41) is 0. The number of hydrogen-bond acceptors (Lipinski definition) is 2. The molecule has 0 heterocycles. The summed E-state index contributed by atoms with van der Waals surface area (Å²) in [6.45, 7) is 5.55. The van der Waals surface area contributed by atoms with Crippen molar-refractivity contribution in [3.63, 3.8) is 0 Å². The zero-order chi connectivity index (χ0) is 15.0. The van der Waals surface area contributed by atoms with Crippen LogP contribution < -0.4 is 5.73 Å². The number of halogens is 2. The van der Waals surface area contributed by atoms with Crippen molar-refractivity contribution in [1.82, 2.24) is 0 Å². The van der Waals surface area contributed by atoms with Gasteiger partial charge in [-0.25, -0.2) is 8.78 Å². The summed E-state index contributed by atoms with van der Waals surface area (Å²) < 4.78 is 26.4. The maximum atomic E-state index is 13.3. The van der Waals surface area contributed by atoms with Gasteiger partial charge in [0.25, 0.3) is 0 Å². The van der Waals surface area contributed by atoms with Crippen LogP contribution in [-0.2, 0) is 0 Å². The van der Waals surface area contributed by atoms with Gasteiger partial charge in [0.2, 0.25) is 0 Å². The Balaban J connectivity index is 2.61. The molecule has 0 aliphatic carbocycles. The molecule has 0 atom stereocenters. The first-order valence-electron chi connectivity index (χ1n) is 6.18. The van der Waals surface area contributed by atoms with Crippen LogP contribution in [0.5, 0.6) is 0 Å². The van der Waals surface area contributed by atoms with Crippen molar-refractivity contribution in [3.8, 4) is 0 Å². The number of nitrogen functional groups attached to an aromatic ring is 1.